The summed E-state index contributed by atoms with van der Waals surface area (Å²) in [6.45, 7) is 8.10. The number of rotatable bonds is 5. The molecular weight excluding hydrogens is 368 g/mol. The lowest BCUT2D eigenvalue weighted by atomic mass is 10.1. The van der Waals surface area contributed by atoms with E-state index in [9.17, 15) is 4.79 Å². The van der Waals surface area contributed by atoms with Gasteiger partial charge in [0, 0.05) is 41.2 Å². The number of nitrogens with zero attached hydrogens (tertiary/aromatic N) is 2. The maximum Gasteiger partial charge on any atom is 0.346 e. The molecule has 0 spiro atoms. The van der Waals surface area contributed by atoms with E-state index >= 15 is 0 Å². The lowest BCUT2D eigenvalue weighted by molar-refractivity contribution is 0.563. The van der Waals surface area contributed by atoms with E-state index in [4.69, 9.17) is 4.42 Å². The fraction of sp³-hybridized carbons (Fsp3) is 0.217. The molecule has 28 heavy (non-hydrogen) atoms. The third-order valence-electron chi connectivity index (χ3n) is 4.93. The third kappa shape index (κ3) is 3.45. The Labute approximate surface area is 168 Å². The molecule has 142 valence electrons. The second kappa shape index (κ2) is 7.60. The standard InChI is InChI=1S/C23H22N2O2S/c1-4-25(5-2)18-11-10-17-12-19(23(26)27-21(17)13-18)22-24-20(14-28-22)16-8-6-15(3)7-9-16/h6-14H,4-5H2,1-3H3. The van der Waals surface area contributed by atoms with Gasteiger partial charge in [0.25, 0.3) is 0 Å². The highest BCUT2D eigenvalue weighted by Crippen LogP contribution is 2.30. The minimum absolute atomic E-state index is 0.353. The fourth-order valence-electron chi connectivity index (χ4n) is 3.29. The summed E-state index contributed by atoms with van der Waals surface area (Å²) in [5.74, 6) is 0. The summed E-state index contributed by atoms with van der Waals surface area (Å²) in [7, 11) is 0. The predicted molar refractivity (Wildman–Crippen MR) is 117 cm³/mol. The zero-order valence-electron chi connectivity index (χ0n) is 16.2. The number of benzene rings is 2. The Morgan fingerprint density at radius 2 is 1.79 bits per heavy atom. The molecule has 4 nitrogen and oxygen atoms in total. The molecule has 2 aromatic carbocycles. The lowest BCUT2D eigenvalue weighted by Gasteiger charge is -2.20. The van der Waals surface area contributed by atoms with Gasteiger partial charge in [-0.25, -0.2) is 9.78 Å². The van der Waals surface area contributed by atoms with E-state index in [1.54, 1.807) is 0 Å². The number of thiazole rings is 1. The SMILES string of the molecule is CCN(CC)c1ccc2cc(-c3nc(-c4ccc(C)cc4)cs3)c(=O)oc2c1. The minimum Gasteiger partial charge on any atom is -0.422 e. The Balaban J connectivity index is 1.73. The highest BCUT2D eigenvalue weighted by atomic mass is 32.1. The number of aryl methyl sites for hydroxylation is 1. The zero-order chi connectivity index (χ0) is 19.7. The van der Waals surface area contributed by atoms with E-state index in [1.807, 2.05) is 35.7 Å². The average molecular weight is 391 g/mol. The highest BCUT2D eigenvalue weighted by molar-refractivity contribution is 7.13. The first-order chi connectivity index (χ1) is 13.6. The maximum absolute atomic E-state index is 12.6. The zero-order valence-corrected chi connectivity index (χ0v) is 17.0. The Hall–Kier alpha value is -2.92. The molecule has 0 N–H and O–H groups in total. The first-order valence-corrected chi connectivity index (χ1v) is 10.3. The maximum atomic E-state index is 12.6. The molecule has 0 amide bonds. The van der Waals surface area contributed by atoms with Crippen molar-refractivity contribution in [3.8, 4) is 21.8 Å². The molecule has 2 aromatic heterocycles. The van der Waals surface area contributed by atoms with Crippen molar-refractivity contribution in [1.82, 2.24) is 4.98 Å². The van der Waals surface area contributed by atoms with Gasteiger partial charge in [0.1, 0.15) is 10.6 Å². The molecule has 0 aliphatic carbocycles. The predicted octanol–water partition coefficient (Wildman–Crippen LogP) is 5.74. The van der Waals surface area contributed by atoms with Crippen molar-refractivity contribution >= 4 is 28.0 Å². The van der Waals surface area contributed by atoms with E-state index in [2.05, 4.69) is 48.9 Å². The van der Waals surface area contributed by atoms with Crippen LogP contribution < -0.4 is 10.5 Å². The molecule has 0 aliphatic rings. The molecule has 0 radical (unpaired) electrons. The molecule has 2 heterocycles. The summed E-state index contributed by atoms with van der Waals surface area (Å²) in [5, 5.41) is 3.56. The first kappa shape index (κ1) is 18.4. The molecule has 4 aromatic rings. The largest absolute Gasteiger partial charge is 0.422 e. The van der Waals surface area contributed by atoms with Crippen LogP contribution in [0.5, 0.6) is 0 Å². The van der Waals surface area contributed by atoms with Gasteiger partial charge in [-0.2, -0.15) is 0 Å². The number of fused-ring (bicyclic) bond motifs is 1. The van der Waals surface area contributed by atoms with E-state index in [1.165, 1.54) is 16.9 Å². The van der Waals surface area contributed by atoms with E-state index in [0.29, 0.717) is 16.2 Å². The Bertz CT molecular complexity index is 1170. The van der Waals surface area contributed by atoms with Gasteiger partial charge in [0.2, 0.25) is 0 Å². The molecule has 0 atom stereocenters. The lowest BCUT2D eigenvalue weighted by Crippen LogP contribution is -2.21. The van der Waals surface area contributed by atoms with Crippen molar-refractivity contribution in [3.63, 3.8) is 0 Å². The van der Waals surface area contributed by atoms with Crippen LogP contribution in [0.2, 0.25) is 0 Å². The van der Waals surface area contributed by atoms with Gasteiger partial charge < -0.3 is 9.32 Å². The van der Waals surface area contributed by atoms with Gasteiger partial charge in [-0.15, -0.1) is 11.3 Å². The highest BCUT2D eigenvalue weighted by Gasteiger charge is 2.14. The number of hydrogen-bond donors (Lipinski definition) is 0. The van der Waals surface area contributed by atoms with Crippen LogP contribution in [-0.4, -0.2) is 18.1 Å². The van der Waals surface area contributed by atoms with Gasteiger partial charge in [0.05, 0.1) is 11.3 Å². The fourth-order valence-corrected chi connectivity index (χ4v) is 4.12. The topological polar surface area (TPSA) is 46.3 Å². The van der Waals surface area contributed by atoms with Crippen LogP contribution in [0.3, 0.4) is 0 Å². The molecular formula is C23H22N2O2S. The molecule has 4 rings (SSSR count). The van der Waals surface area contributed by atoms with Gasteiger partial charge in [-0.05, 0) is 39.0 Å². The van der Waals surface area contributed by atoms with Gasteiger partial charge in [-0.3, -0.25) is 0 Å². The van der Waals surface area contributed by atoms with Gasteiger partial charge in [-0.1, -0.05) is 29.8 Å². The summed E-state index contributed by atoms with van der Waals surface area (Å²) in [4.78, 5) is 19.5. The second-order valence-corrected chi connectivity index (χ2v) is 7.60. The Morgan fingerprint density at radius 3 is 2.50 bits per heavy atom. The van der Waals surface area contributed by atoms with E-state index < -0.39 is 0 Å². The van der Waals surface area contributed by atoms with Crippen molar-refractivity contribution in [1.29, 1.82) is 0 Å². The van der Waals surface area contributed by atoms with Crippen LogP contribution in [0.1, 0.15) is 19.4 Å². The van der Waals surface area contributed by atoms with Gasteiger partial charge in [0.15, 0.2) is 0 Å². The monoisotopic (exact) mass is 390 g/mol. The minimum atomic E-state index is -0.353. The quantitative estimate of drug-likeness (QED) is 0.408. The number of anilines is 1. The van der Waals surface area contributed by atoms with Gasteiger partial charge >= 0.3 is 5.63 Å². The summed E-state index contributed by atoms with van der Waals surface area (Å²) < 4.78 is 5.64. The molecule has 0 aliphatic heterocycles. The number of aromatic nitrogens is 1. The summed E-state index contributed by atoms with van der Waals surface area (Å²) in [6, 6.07) is 16.1. The van der Waals surface area contributed by atoms with E-state index in [0.717, 1.165) is 35.4 Å². The molecule has 0 fully saturated rings. The smallest absolute Gasteiger partial charge is 0.346 e. The molecule has 0 bridgehead atoms. The van der Waals surface area contributed by atoms with Crippen LogP contribution in [-0.2, 0) is 0 Å². The number of hydrogen-bond acceptors (Lipinski definition) is 5. The van der Waals surface area contributed by atoms with Crippen LogP contribution in [0.15, 0.2) is 63.1 Å². The molecule has 0 unspecified atom stereocenters. The summed E-state index contributed by atoms with van der Waals surface area (Å²) >= 11 is 1.46. The van der Waals surface area contributed by atoms with Crippen LogP contribution in [0.25, 0.3) is 32.8 Å². The van der Waals surface area contributed by atoms with Crippen molar-refractivity contribution < 1.29 is 4.42 Å². The van der Waals surface area contributed by atoms with Crippen LogP contribution >= 0.6 is 11.3 Å². The molecule has 0 saturated heterocycles. The molecule has 0 saturated carbocycles. The third-order valence-corrected chi connectivity index (χ3v) is 5.81. The van der Waals surface area contributed by atoms with Crippen molar-refractivity contribution in [2.75, 3.05) is 18.0 Å². The average Bonchev–Trinajstić information content (AvgIpc) is 3.19. The van der Waals surface area contributed by atoms with Crippen molar-refractivity contribution in [3.05, 3.63) is 69.9 Å². The van der Waals surface area contributed by atoms with Crippen LogP contribution in [0, 0.1) is 6.92 Å². The Morgan fingerprint density at radius 1 is 1.04 bits per heavy atom. The molecule has 5 heteroatoms. The first-order valence-electron chi connectivity index (χ1n) is 9.45. The second-order valence-electron chi connectivity index (χ2n) is 6.75. The normalized spacial score (nSPS) is 11.1. The van der Waals surface area contributed by atoms with Crippen molar-refractivity contribution in [2.45, 2.75) is 20.8 Å². The van der Waals surface area contributed by atoms with Crippen molar-refractivity contribution in [2.24, 2.45) is 0 Å². The van der Waals surface area contributed by atoms with E-state index in [-0.39, 0.29) is 5.63 Å². The van der Waals surface area contributed by atoms with Crippen LogP contribution in [0.4, 0.5) is 5.69 Å². The summed E-state index contributed by atoms with van der Waals surface area (Å²) in [5.41, 5.74) is 4.94. The summed E-state index contributed by atoms with van der Waals surface area (Å²) in [6.07, 6.45) is 0. The Kier molecular flexibility index (Phi) is 5.01.